The average Bonchev–Trinajstić information content (AvgIpc) is 2.40. The maximum Gasteiger partial charge on any atom is 0.0369 e. The number of aryl methyl sites for hydroxylation is 2. The van der Waals surface area contributed by atoms with E-state index < -0.39 is 0 Å². The minimum Gasteiger partial charge on any atom is -0.369 e. The van der Waals surface area contributed by atoms with Crippen LogP contribution in [0.1, 0.15) is 17.5 Å². The van der Waals surface area contributed by atoms with Crippen LogP contribution in [0.5, 0.6) is 0 Å². The Morgan fingerprint density at radius 2 is 1.78 bits per heavy atom. The largest absolute Gasteiger partial charge is 0.369 e. The summed E-state index contributed by atoms with van der Waals surface area (Å²) in [5, 5.41) is 0. The van der Waals surface area contributed by atoms with E-state index in [9.17, 15) is 0 Å². The zero-order valence-corrected chi connectivity index (χ0v) is 12.2. The Morgan fingerprint density at radius 1 is 1.06 bits per heavy atom. The normalized spacial score (nSPS) is 17.2. The molecule has 3 heteroatoms. The summed E-state index contributed by atoms with van der Waals surface area (Å²) in [5.74, 6) is 0.775. The van der Waals surface area contributed by atoms with Crippen molar-refractivity contribution >= 4 is 17.3 Å². The van der Waals surface area contributed by atoms with Gasteiger partial charge in [-0.3, -0.25) is 4.90 Å². The van der Waals surface area contributed by atoms with Crippen molar-refractivity contribution in [3.63, 3.8) is 0 Å². The van der Waals surface area contributed by atoms with Crippen molar-refractivity contribution in [3.05, 3.63) is 29.3 Å². The lowest BCUT2D eigenvalue weighted by Crippen LogP contribution is -2.46. The number of nitrogens with zero attached hydrogens (tertiary/aromatic N) is 2. The third kappa shape index (κ3) is 3.39. The number of anilines is 1. The molecule has 0 amide bonds. The van der Waals surface area contributed by atoms with Crippen LogP contribution >= 0.6 is 11.6 Å². The second-order valence-corrected chi connectivity index (χ2v) is 5.52. The summed E-state index contributed by atoms with van der Waals surface area (Å²) in [6.07, 6.45) is 1.10. The molecule has 0 atom stereocenters. The Hall–Kier alpha value is -0.730. The van der Waals surface area contributed by atoms with Crippen LogP contribution in [0.4, 0.5) is 5.69 Å². The van der Waals surface area contributed by atoms with Crippen molar-refractivity contribution in [2.24, 2.45) is 0 Å². The van der Waals surface area contributed by atoms with Crippen LogP contribution in [0.15, 0.2) is 18.2 Å². The van der Waals surface area contributed by atoms with Gasteiger partial charge in [-0.05, 0) is 50.1 Å². The topological polar surface area (TPSA) is 6.48 Å². The molecule has 2 nitrogen and oxygen atoms in total. The quantitative estimate of drug-likeness (QED) is 0.773. The monoisotopic (exact) mass is 266 g/mol. The zero-order valence-electron chi connectivity index (χ0n) is 11.5. The first-order chi connectivity index (χ1) is 8.70. The van der Waals surface area contributed by atoms with E-state index in [1.54, 1.807) is 0 Å². The molecule has 0 spiro atoms. The van der Waals surface area contributed by atoms with Gasteiger partial charge >= 0.3 is 0 Å². The number of hydrogen-bond donors (Lipinski definition) is 0. The van der Waals surface area contributed by atoms with Crippen molar-refractivity contribution in [1.29, 1.82) is 0 Å². The third-order valence-electron chi connectivity index (χ3n) is 3.84. The molecule has 1 aliphatic heterocycles. The van der Waals surface area contributed by atoms with Gasteiger partial charge in [0.25, 0.3) is 0 Å². The number of benzene rings is 1. The lowest BCUT2D eigenvalue weighted by atomic mass is 10.1. The van der Waals surface area contributed by atoms with Crippen molar-refractivity contribution in [2.75, 3.05) is 43.5 Å². The first-order valence-electron chi connectivity index (χ1n) is 6.81. The Labute approximate surface area is 116 Å². The van der Waals surface area contributed by atoms with E-state index in [1.165, 1.54) is 16.8 Å². The van der Waals surface area contributed by atoms with Gasteiger partial charge in [0.05, 0.1) is 0 Å². The number of halogens is 1. The fourth-order valence-corrected chi connectivity index (χ4v) is 2.55. The molecule has 0 aromatic heterocycles. The van der Waals surface area contributed by atoms with Crippen molar-refractivity contribution in [1.82, 2.24) is 4.90 Å². The molecule has 0 aliphatic carbocycles. The lowest BCUT2D eigenvalue weighted by molar-refractivity contribution is 0.259. The maximum absolute atomic E-state index is 5.74. The predicted octanol–water partition coefficient (Wildman–Crippen LogP) is 3.05. The van der Waals surface area contributed by atoms with Gasteiger partial charge in [-0.15, -0.1) is 11.6 Å². The Bertz CT molecular complexity index is 384. The molecule has 0 N–H and O–H groups in total. The molecule has 1 saturated heterocycles. The molecule has 100 valence electrons. The van der Waals surface area contributed by atoms with Crippen LogP contribution in [0.25, 0.3) is 0 Å². The van der Waals surface area contributed by atoms with Gasteiger partial charge in [0.15, 0.2) is 0 Å². The Balaban J connectivity index is 1.90. The van der Waals surface area contributed by atoms with Gasteiger partial charge in [0.2, 0.25) is 0 Å². The number of hydrogen-bond acceptors (Lipinski definition) is 2. The fraction of sp³-hybridized carbons (Fsp3) is 0.600. The van der Waals surface area contributed by atoms with Gasteiger partial charge in [0, 0.05) is 37.7 Å². The van der Waals surface area contributed by atoms with Gasteiger partial charge < -0.3 is 4.90 Å². The second-order valence-electron chi connectivity index (χ2n) is 5.14. The highest BCUT2D eigenvalue weighted by Crippen LogP contribution is 2.20. The van der Waals surface area contributed by atoms with Crippen LogP contribution in [-0.2, 0) is 0 Å². The first-order valence-corrected chi connectivity index (χ1v) is 7.34. The highest BCUT2D eigenvalue weighted by Gasteiger charge is 2.16. The van der Waals surface area contributed by atoms with E-state index in [0.29, 0.717) is 0 Å². The summed E-state index contributed by atoms with van der Waals surface area (Å²) in [7, 11) is 0. The molecule has 0 radical (unpaired) electrons. The van der Waals surface area contributed by atoms with Crippen LogP contribution in [0.3, 0.4) is 0 Å². The van der Waals surface area contributed by atoms with Gasteiger partial charge in [-0.1, -0.05) is 6.07 Å². The van der Waals surface area contributed by atoms with Crippen LogP contribution in [0, 0.1) is 13.8 Å². The summed E-state index contributed by atoms with van der Waals surface area (Å²) in [6, 6.07) is 6.78. The molecule has 18 heavy (non-hydrogen) atoms. The van der Waals surface area contributed by atoms with E-state index >= 15 is 0 Å². The molecule has 0 unspecified atom stereocenters. The van der Waals surface area contributed by atoms with Crippen LogP contribution in [-0.4, -0.2) is 43.5 Å². The van der Waals surface area contributed by atoms with E-state index in [-0.39, 0.29) is 0 Å². The van der Waals surface area contributed by atoms with Crippen molar-refractivity contribution in [3.8, 4) is 0 Å². The minimum atomic E-state index is 0.775. The average molecular weight is 267 g/mol. The molecule has 1 aromatic carbocycles. The number of alkyl halides is 1. The molecular weight excluding hydrogens is 244 g/mol. The predicted molar refractivity (Wildman–Crippen MR) is 79.9 cm³/mol. The second kappa shape index (κ2) is 6.44. The Morgan fingerprint density at radius 3 is 2.39 bits per heavy atom. The molecule has 0 bridgehead atoms. The van der Waals surface area contributed by atoms with Crippen LogP contribution in [0.2, 0.25) is 0 Å². The summed E-state index contributed by atoms with van der Waals surface area (Å²) in [5.41, 5.74) is 4.13. The maximum atomic E-state index is 5.74. The van der Waals surface area contributed by atoms with Crippen LogP contribution < -0.4 is 4.90 Å². The standard InChI is InChI=1S/C15H23ClN2/c1-13-4-5-15(12-14(13)2)18-10-8-17(9-11-18)7-3-6-16/h4-5,12H,3,6-11H2,1-2H3. The molecule has 0 saturated carbocycles. The molecule has 1 fully saturated rings. The molecule has 2 rings (SSSR count). The zero-order chi connectivity index (χ0) is 13.0. The first kappa shape index (κ1) is 13.7. The fourth-order valence-electron chi connectivity index (χ4n) is 2.44. The van der Waals surface area contributed by atoms with Crippen molar-refractivity contribution < 1.29 is 0 Å². The minimum absolute atomic E-state index is 0.775. The SMILES string of the molecule is Cc1ccc(N2CCN(CCCCl)CC2)cc1C. The van der Waals surface area contributed by atoms with Gasteiger partial charge in [0.1, 0.15) is 0 Å². The number of rotatable bonds is 4. The molecule has 1 aromatic rings. The van der Waals surface area contributed by atoms with Gasteiger partial charge in [-0.25, -0.2) is 0 Å². The van der Waals surface area contributed by atoms with E-state index in [1.807, 2.05) is 0 Å². The van der Waals surface area contributed by atoms with Gasteiger partial charge in [-0.2, -0.15) is 0 Å². The summed E-state index contributed by atoms with van der Waals surface area (Å²) in [6.45, 7) is 10.1. The highest BCUT2D eigenvalue weighted by molar-refractivity contribution is 6.17. The number of piperazine rings is 1. The van der Waals surface area contributed by atoms with E-state index in [0.717, 1.165) is 45.0 Å². The smallest absolute Gasteiger partial charge is 0.0369 e. The summed E-state index contributed by atoms with van der Waals surface area (Å²) < 4.78 is 0. The summed E-state index contributed by atoms with van der Waals surface area (Å²) in [4.78, 5) is 5.00. The van der Waals surface area contributed by atoms with E-state index in [2.05, 4.69) is 41.8 Å². The van der Waals surface area contributed by atoms with E-state index in [4.69, 9.17) is 11.6 Å². The summed E-state index contributed by atoms with van der Waals surface area (Å²) >= 11 is 5.74. The Kier molecular flexibility index (Phi) is 4.90. The molecular formula is C15H23ClN2. The van der Waals surface area contributed by atoms with Crippen molar-refractivity contribution in [2.45, 2.75) is 20.3 Å². The molecule has 1 aliphatic rings. The lowest BCUT2D eigenvalue weighted by Gasteiger charge is -2.36. The highest BCUT2D eigenvalue weighted by atomic mass is 35.5. The molecule has 1 heterocycles. The third-order valence-corrected chi connectivity index (χ3v) is 4.10.